The van der Waals surface area contributed by atoms with E-state index >= 15 is 0 Å². The molecule has 2 rings (SSSR count). The Bertz CT molecular complexity index is 405. The fourth-order valence-electron chi connectivity index (χ4n) is 2.19. The minimum absolute atomic E-state index is 0.658. The summed E-state index contributed by atoms with van der Waals surface area (Å²) in [6.07, 6.45) is 8.55. The Morgan fingerprint density at radius 2 is 2.37 bits per heavy atom. The second-order valence-electron chi connectivity index (χ2n) is 4.83. The maximum atomic E-state index is 5.03. The van der Waals surface area contributed by atoms with Crippen LogP contribution in [0.25, 0.3) is 0 Å². The van der Waals surface area contributed by atoms with Crippen LogP contribution in [0.3, 0.4) is 0 Å². The monoisotopic (exact) mass is 277 g/mol. The fraction of sp³-hybridized carbons (Fsp3) is 0.500. The highest BCUT2D eigenvalue weighted by Crippen LogP contribution is 2.30. The smallest absolute Gasteiger partial charge is 0.0587 e. The average molecular weight is 277 g/mol. The molecular formula is C16H23NOS. The van der Waals surface area contributed by atoms with Gasteiger partial charge in [0.2, 0.25) is 0 Å². The number of ether oxygens (including phenoxy) is 1. The number of allylic oxidation sites excluding steroid dienone is 1. The standard InChI is InChI=1S/C16H23NOS/c1-18-11-10-17-13-14-6-5-9-16(12-14)19-15-7-3-2-4-8-15/h3,5-7,9,12,15,17H,2,4,8,10-11,13H2,1H3. The number of hydrogen-bond donors (Lipinski definition) is 1. The van der Waals surface area contributed by atoms with Gasteiger partial charge >= 0.3 is 0 Å². The van der Waals surface area contributed by atoms with Crippen LogP contribution in [0.1, 0.15) is 24.8 Å². The summed E-state index contributed by atoms with van der Waals surface area (Å²) < 4.78 is 5.03. The third-order valence-corrected chi connectivity index (χ3v) is 4.43. The largest absolute Gasteiger partial charge is 0.383 e. The first kappa shape index (κ1) is 14.6. The SMILES string of the molecule is COCCNCc1cccc(SC2C=CCCC2)c1. The molecule has 0 aliphatic heterocycles. The van der Waals surface area contributed by atoms with E-state index in [9.17, 15) is 0 Å². The van der Waals surface area contributed by atoms with Crippen molar-refractivity contribution in [2.75, 3.05) is 20.3 Å². The zero-order chi connectivity index (χ0) is 13.3. The molecule has 1 aliphatic carbocycles. The zero-order valence-electron chi connectivity index (χ0n) is 11.6. The minimum Gasteiger partial charge on any atom is -0.383 e. The van der Waals surface area contributed by atoms with Crippen molar-refractivity contribution in [2.45, 2.75) is 36.0 Å². The molecule has 1 aliphatic rings. The van der Waals surface area contributed by atoms with Gasteiger partial charge in [0, 0.05) is 30.3 Å². The summed E-state index contributed by atoms with van der Waals surface area (Å²) in [5.74, 6) is 0. The third kappa shape index (κ3) is 5.39. The first-order chi connectivity index (χ1) is 9.38. The van der Waals surface area contributed by atoms with Crippen LogP contribution in [0.4, 0.5) is 0 Å². The van der Waals surface area contributed by atoms with Crippen molar-refractivity contribution >= 4 is 11.8 Å². The molecule has 1 aromatic rings. The van der Waals surface area contributed by atoms with Crippen LogP contribution in [0.15, 0.2) is 41.3 Å². The molecule has 0 heterocycles. The van der Waals surface area contributed by atoms with Crippen molar-refractivity contribution in [1.82, 2.24) is 5.32 Å². The van der Waals surface area contributed by atoms with E-state index in [2.05, 4.69) is 41.7 Å². The van der Waals surface area contributed by atoms with Crippen LogP contribution in [-0.4, -0.2) is 25.5 Å². The Kier molecular flexibility index (Phi) is 6.48. The van der Waals surface area contributed by atoms with E-state index in [0.717, 1.165) is 19.7 Å². The summed E-state index contributed by atoms with van der Waals surface area (Å²) in [6.45, 7) is 2.58. The van der Waals surface area contributed by atoms with Crippen LogP contribution in [-0.2, 0) is 11.3 Å². The van der Waals surface area contributed by atoms with Crippen LogP contribution in [0.5, 0.6) is 0 Å². The summed E-state index contributed by atoms with van der Waals surface area (Å²) in [5, 5.41) is 4.04. The number of benzene rings is 1. The molecule has 104 valence electrons. The molecule has 0 bridgehead atoms. The van der Waals surface area contributed by atoms with Gasteiger partial charge in [0.1, 0.15) is 0 Å². The topological polar surface area (TPSA) is 21.3 Å². The molecule has 0 spiro atoms. The van der Waals surface area contributed by atoms with Gasteiger partial charge in [-0.1, -0.05) is 24.3 Å². The van der Waals surface area contributed by atoms with Gasteiger partial charge in [-0.3, -0.25) is 0 Å². The van der Waals surface area contributed by atoms with Gasteiger partial charge in [-0.2, -0.15) is 0 Å². The van der Waals surface area contributed by atoms with E-state index in [1.165, 1.54) is 29.7 Å². The quantitative estimate of drug-likeness (QED) is 0.607. The molecule has 1 aromatic carbocycles. The number of methoxy groups -OCH3 is 1. The molecule has 1 atom stereocenters. The predicted octanol–water partition coefficient (Wildman–Crippen LogP) is 3.62. The average Bonchev–Trinajstić information content (AvgIpc) is 2.45. The molecule has 2 nitrogen and oxygen atoms in total. The predicted molar refractivity (Wildman–Crippen MR) is 82.7 cm³/mol. The Morgan fingerprint density at radius 3 is 3.16 bits per heavy atom. The molecule has 0 saturated heterocycles. The van der Waals surface area contributed by atoms with Gasteiger partial charge in [0.25, 0.3) is 0 Å². The van der Waals surface area contributed by atoms with E-state index in [4.69, 9.17) is 4.74 Å². The molecule has 0 saturated carbocycles. The number of hydrogen-bond acceptors (Lipinski definition) is 3. The Hall–Kier alpha value is -0.770. The van der Waals surface area contributed by atoms with Gasteiger partial charge in [0.05, 0.1) is 6.61 Å². The first-order valence-electron chi connectivity index (χ1n) is 7.00. The van der Waals surface area contributed by atoms with Crippen molar-refractivity contribution in [3.63, 3.8) is 0 Å². The summed E-state index contributed by atoms with van der Waals surface area (Å²) in [5.41, 5.74) is 1.35. The molecule has 0 aromatic heterocycles. The highest BCUT2D eigenvalue weighted by atomic mass is 32.2. The molecule has 19 heavy (non-hydrogen) atoms. The highest BCUT2D eigenvalue weighted by molar-refractivity contribution is 8.00. The summed E-state index contributed by atoms with van der Waals surface area (Å²) >= 11 is 1.98. The van der Waals surface area contributed by atoms with E-state index in [-0.39, 0.29) is 0 Å². The van der Waals surface area contributed by atoms with Crippen molar-refractivity contribution in [3.05, 3.63) is 42.0 Å². The van der Waals surface area contributed by atoms with Crippen LogP contribution < -0.4 is 5.32 Å². The van der Waals surface area contributed by atoms with Crippen LogP contribution in [0, 0.1) is 0 Å². The lowest BCUT2D eigenvalue weighted by Crippen LogP contribution is -2.18. The van der Waals surface area contributed by atoms with E-state index in [0.29, 0.717) is 5.25 Å². The van der Waals surface area contributed by atoms with Crippen molar-refractivity contribution in [3.8, 4) is 0 Å². The molecule has 0 radical (unpaired) electrons. The highest BCUT2D eigenvalue weighted by Gasteiger charge is 2.09. The Morgan fingerprint density at radius 1 is 1.42 bits per heavy atom. The van der Waals surface area contributed by atoms with E-state index < -0.39 is 0 Å². The Labute approximate surface area is 120 Å². The molecule has 1 N–H and O–H groups in total. The third-order valence-electron chi connectivity index (χ3n) is 3.21. The first-order valence-corrected chi connectivity index (χ1v) is 7.88. The zero-order valence-corrected chi connectivity index (χ0v) is 12.4. The minimum atomic E-state index is 0.658. The van der Waals surface area contributed by atoms with E-state index in [1.54, 1.807) is 7.11 Å². The Balaban J connectivity index is 1.84. The second kappa shape index (κ2) is 8.41. The number of thioether (sulfide) groups is 1. The molecule has 1 unspecified atom stereocenters. The van der Waals surface area contributed by atoms with Gasteiger partial charge in [0.15, 0.2) is 0 Å². The lowest BCUT2D eigenvalue weighted by atomic mass is 10.1. The summed E-state index contributed by atoms with van der Waals surface area (Å²) in [7, 11) is 1.73. The normalized spacial score (nSPS) is 18.7. The fourth-order valence-corrected chi connectivity index (χ4v) is 3.39. The van der Waals surface area contributed by atoms with Gasteiger partial charge < -0.3 is 10.1 Å². The summed E-state index contributed by atoms with van der Waals surface area (Å²) in [6, 6.07) is 8.85. The lowest BCUT2D eigenvalue weighted by Gasteiger charge is -2.16. The molecule has 0 amide bonds. The van der Waals surface area contributed by atoms with Crippen molar-refractivity contribution in [1.29, 1.82) is 0 Å². The maximum absolute atomic E-state index is 5.03. The lowest BCUT2D eigenvalue weighted by molar-refractivity contribution is 0.199. The maximum Gasteiger partial charge on any atom is 0.0587 e. The van der Waals surface area contributed by atoms with E-state index in [1.807, 2.05) is 11.8 Å². The van der Waals surface area contributed by atoms with Crippen LogP contribution >= 0.6 is 11.8 Å². The van der Waals surface area contributed by atoms with Crippen molar-refractivity contribution in [2.24, 2.45) is 0 Å². The van der Waals surface area contributed by atoms with Gasteiger partial charge in [-0.25, -0.2) is 0 Å². The molecule has 3 heteroatoms. The van der Waals surface area contributed by atoms with Crippen molar-refractivity contribution < 1.29 is 4.74 Å². The van der Waals surface area contributed by atoms with Gasteiger partial charge in [-0.15, -0.1) is 11.8 Å². The molecular weight excluding hydrogens is 254 g/mol. The number of rotatable bonds is 7. The van der Waals surface area contributed by atoms with Gasteiger partial charge in [-0.05, 0) is 37.0 Å². The van der Waals surface area contributed by atoms with Crippen LogP contribution in [0.2, 0.25) is 0 Å². The molecule has 0 fully saturated rings. The number of nitrogens with one attached hydrogen (secondary N) is 1. The second-order valence-corrected chi connectivity index (χ2v) is 6.14. The summed E-state index contributed by atoms with van der Waals surface area (Å²) in [4.78, 5) is 1.38.